The number of benzene rings is 1. The maximum Gasteiger partial charge on any atom is 0.350 e. The summed E-state index contributed by atoms with van der Waals surface area (Å²) in [6, 6.07) is 10.6. The lowest BCUT2D eigenvalue weighted by molar-refractivity contribution is 0.0607. The zero-order valence-corrected chi connectivity index (χ0v) is 12.8. The number of esters is 1. The molecule has 0 radical (unpaired) electrons. The van der Waals surface area contributed by atoms with Gasteiger partial charge in [-0.05, 0) is 23.1 Å². The average Bonchev–Trinajstić information content (AvgIpc) is 2.93. The van der Waals surface area contributed by atoms with E-state index in [1.165, 1.54) is 19.3 Å². The first-order chi connectivity index (χ1) is 10.0. The predicted molar refractivity (Wildman–Crippen MR) is 83.7 cm³/mol. The van der Waals surface area contributed by atoms with Crippen molar-refractivity contribution in [2.45, 2.75) is 0 Å². The van der Waals surface area contributed by atoms with Gasteiger partial charge in [-0.15, -0.1) is 11.3 Å². The van der Waals surface area contributed by atoms with Gasteiger partial charge < -0.3 is 4.74 Å². The lowest BCUT2D eigenvalue weighted by Crippen LogP contribution is -2.11. The van der Waals surface area contributed by atoms with Crippen LogP contribution in [-0.2, 0) is 14.8 Å². The SMILES string of the molecule is COC(=O)c1sccc1NS(=O)(=O)C=Cc1ccccc1. The third-order valence-electron chi connectivity index (χ3n) is 2.53. The molecule has 0 fully saturated rings. The van der Waals surface area contributed by atoms with Gasteiger partial charge in [0.2, 0.25) is 0 Å². The van der Waals surface area contributed by atoms with Crippen molar-refractivity contribution in [3.63, 3.8) is 0 Å². The Bertz CT molecular complexity index is 748. The molecule has 1 aromatic heterocycles. The highest BCUT2D eigenvalue weighted by Crippen LogP contribution is 2.24. The smallest absolute Gasteiger partial charge is 0.350 e. The molecular formula is C14H13NO4S2. The molecule has 7 heteroatoms. The zero-order valence-electron chi connectivity index (χ0n) is 11.1. The fraction of sp³-hybridized carbons (Fsp3) is 0.0714. The van der Waals surface area contributed by atoms with E-state index in [1.54, 1.807) is 17.5 Å². The topological polar surface area (TPSA) is 72.5 Å². The number of hydrogen-bond acceptors (Lipinski definition) is 5. The van der Waals surface area contributed by atoms with E-state index in [-0.39, 0.29) is 10.6 Å². The molecule has 110 valence electrons. The Hall–Kier alpha value is -2.12. The summed E-state index contributed by atoms with van der Waals surface area (Å²) in [6.07, 6.45) is 1.48. The largest absolute Gasteiger partial charge is 0.465 e. The second kappa shape index (κ2) is 6.55. The van der Waals surface area contributed by atoms with Crippen molar-refractivity contribution >= 4 is 39.1 Å². The molecule has 1 N–H and O–H groups in total. The van der Waals surface area contributed by atoms with Crippen LogP contribution in [0.1, 0.15) is 15.2 Å². The molecule has 5 nitrogen and oxygen atoms in total. The van der Waals surface area contributed by atoms with Crippen LogP contribution in [0.25, 0.3) is 6.08 Å². The first kappa shape index (κ1) is 15.3. The van der Waals surface area contributed by atoms with E-state index in [9.17, 15) is 13.2 Å². The summed E-state index contributed by atoms with van der Waals surface area (Å²) in [5.74, 6) is -0.574. The maximum absolute atomic E-state index is 12.0. The van der Waals surface area contributed by atoms with Crippen LogP contribution in [0.4, 0.5) is 5.69 Å². The van der Waals surface area contributed by atoms with Gasteiger partial charge in [-0.3, -0.25) is 4.72 Å². The molecule has 0 bridgehead atoms. The van der Waals surface area contributed by atoms with Gasteiger partial charge in [-0.1, -0.05) is 30.3 Å². The number of carbonyl (C=O) groups is 1. The summed E-state index contributed by atoms with van der Waals surface area (Å²) in [7, 11) is -2.45. The second-order valence-corrected chi connectivity index (χ2v) is 6.50. The molecular weight excluding hydrogens is 310 g/mol. The number of ether oxygens (including phenoxy) is 1. The van der Waals surface area contributed by atoms with Gasteiger partial charge in [0.1, 0.15) is 4.88 Å². The summed E-state index contributed by atoms with van der Waals surface area (Å²) >= 11 is 1.11. The van der Waals surface area contributed by atoms with Crippen LogP contribution >= 0.6 is 11.3 Å². The molecule has 2 rings (SSSR count). The lowest BCUT2D eigenvalue weighted by atomic mass is 10.2. The molecule has 0 unspecified atom stereocenters. The van der Waals surface area contributed by atoms with E-state index in [2.05, 4.69) is 9.46 Å². The number of carbonyl (C=O) groups excluding carboxylic acids is 1. The Balaban J connectivity index is 2.17. The van der Waals surface area contributed by atoms with Gasteiger partial charge >= 0.3 is 5.97 Å². The van der Waals surface area contributed by atoms with Crippen LogP contribution in [0.2, 0.25) is 0 Å². The molecule has 1 aromatic carbocycles. The van der Waals surface area contributed by atoms with Crippen LogP contribution < -0.4 is 4.72 Å². The van der Waals surface area contributed by atoms with Gasteiger partial charge in [0.15, 0.2) is 0 Å². The first-order valence-corrected chi connectivity index (χ1v) is 8.36. The third kappa shape index (κ3) is 4.17. The zero-order chi connectivity index (χ0) is 15.3. The predicted octanol–water partition coefficient (Wildman–Crippen LogP) is 2.95. The molecule has 0 spiro atoms. The summed E-state index contributed by atoms with van der Waals surface area (Å²) < 4.78 is 30.9. The fourth-order valence-corrected chi connectivity index (χ4v) is 3.27. The summed E-state index contributed by atoms with van der Waals surface area (Å²) in [4.78, 5) is 11.7. The normalized spacial score (nSPS) is 11.5. The lowest BCUT2D eigenvalue weighted by Gasteiger charge is -2.04. The Morgan fingerprint density at radius 2 is 1.95 bits per heavy atom. The van der Waals surface area contributed by atoms with Crippen LogP contribution in [0.15, 0.2) is 47.2 Å². The minimum Gasteiger partial charge on any atom is -0.465 e. The summed E-state index contributed by atoms with van der Waals surface area (Å²) in [5.41, 5.74) is 0.978. The monoisotopic (exact) mass is 323 g/mol. The average molecular weight is 323 g/mol. The highest BCUT2D eigenvalue weighted by molar-refractivity contribution is 7.95. The van der Waals surface area contributed by atoms with Crippen LogP contribution in [-0.4, -0.2) is 21.5 Å². The van der Waals surface area contributed by atoms with E-state index in [0.29, 0.717) is 0 Å². The van der Waals surface area contributed by atoms with E-state index in [4.69, 9.17) is 0 Å². The van der Waals surface area contributed by atoms with Crippen molar-refractivity contribution in [3.05, 3.63) is 57.6 Å². The van der Waals surface area contributed by atoms with E-state index >= 15 is 0 Å². The molecule has 2 aromatic rings. The Kier molecular flexibility index (Phi) is 4.77. The highest BCUT2D eigenvalue weighted by Gasteiger charge is 2.16. The van der Waals surface area contributed by atoms with E-state index < -0.39 is 16.0 Å². The van der Waals surface area contributed by atoms with Crippen LogP contribution in [0.5, 0.6) is 0 Å². The molecule has 0 atom stereocenters. The minimum absolute atomic E-state index is 0.213. The molecule has 0 saturated carbocycles. The molecule has 0 amide bonds. The Morgan fingerprint density at radius 1 is 1.24 bits per heavy atom. The van der Waals surface area contributed by atoms with Crippen molar-refractivity contribution < 1.29 is 17.9 Å². The number of methoxy groups -OCH3 is 1. The van der Waals surface area contributed by atoms with Gasteiger partial charge in [0.25, 0.3) is 10.0 Å². The van der Waals surface area contributed by atoms with Gasteiger partial charge in [-0.2, -0.15) is 0 Å². The third-order valence-corrected chi connectivity index (χ3v) is 4.42. The number of nitrogens with one attached hydrogen (secondary N) is 1. The summed E-state index contributed by atoms with van der Waals surface area (Å²) in [6.45, 7) is 0. The number of rotatable bonds is 5. The molecule has 21 heavy (non-hydrogen) atoms. The minimum atomic E-state index is -3.70. The molecule has 0 saturated heterocycles. The number of anilines is 1. The quantitative estimate of drug-likeness (QED) is 0.859. The standard InChI is InChI=1S/C14H13NO4S2/c1-19-14(16)13-12(7-9-20-13)15-21(17,18)10-8-11-5-3-2-4-6-11/h2-10,15H,1H3. The van der Waals surface area contributed by atoms with Crippen molar-refractivity contribution in [2.75, 3.05) is 11.8 Å². The molecule has 1 heterocycles. The number of thiophene rings is 1. The second-order valence-electron chi connectivity index (χ2n) is 4.02. The van der Waals surface area contributed by atoms with E-state index in [0.717, 1.165) is 22.3 Å². The van der Waals surface area contributed by atoms with Crippen molar-refractivity contribution in [3.8, 4) is 0 Å². The van der Waals surface area contributed by atoms with Crippen molar-refractivity contribution in [1.82, 2.24) is 0 Å². The maximum atomic E-state index is 12.0. The molecule has 0 aliphatic carbocycles. The van der Waals surface area contributed by atoms with Crippen molar-refractivity contribution in [2.24, 2.45) is 0 Å². The van der Waals surface area contributed by atoms with Gasteiger partial charge in [0, 0.05) is 0 Å². The fourth-order valence-electron chi connectivity index (χ4n) is 1.56. The summed E-state index contributed by atoms with van der Waals surface area (Å²) in [5, 5.41) is 2.67. The van der Waals surface area contributed by atoms with Gasteiger partial charge in [-0.25, -0.2) is 13.2 Å². The number of sulfonamides is 1. The number of hydrogen-bond donors (Lipinski definition) is 1. The molecule has 0 aliphatic rings. The Morgan fingerprint density at radius 3 is 2.62 bits per heavy atom. The first-order valence-electron chi connectivity index (χ1n) is 5.93. The van der Waals surface area contributed by atoms with Crippen molar-refractivity contribution in [1.29, 1.82) is 0 Å². The Labute approximate surface area is 126 Å². The van der Waals surface area contributed by atoms with Crippen LogP contribution in [0, 0.1) is 0 Å². The van der Waals surface area contributed by atoms with Crippen LogP contribution in [0.3, 0.4) is 0 Å². The molecule has 0 aliphatic heterocycles. The van der Waals surface area contributed by atoms with Gasteiger partial charge in [0.05, 0.1) is 18.2 Å². The highest BCUT2D eigenvalue weighted by atomic mass is 32.2. The van der Waals surface area contributed by atoms with E-state index in [1.807, 2.05) is 18.2 Å².